The number of nitrogens with one attached hydrogen (secondary N) is 2. The Kier molecular flexibility index (Phi) is 5.76. The van der Waals surface area contributed by atoms with Crippen LogP contribution in [-0.4, -0.2) is 36.0 Å². The van der Waals surface area contributed by atoms with E-state index in [2.05, 4.69) is 10.6 Å². The molecular weight excluding hydrogens is 316 g/mol. The van der Waals surface area contributed by atoms with Crippen LogP contribution in [0.3, 0.4) is 0 Å². The topological polar surface area (TPSA) is 84.5 Å². The van der Waals surface area contributed by atoms with E-state index in [-0.39, 0.29) is 23.8 Å². The zero-order chi connectivity index (χ0) is 17.0. The summed E-state index contributed by atoms with van der Waals surface area (Å²) >= 11 is 1.30. The molecule has 0 spiro atoms. The fourth-order valence-corrected chi connectivity index (χ4v) is 2.59. The van der Waals surface area contributed by atoms with Crippen LogP contribution in [0.1, 0.15) is 43.3 Å². The highest BCUT2D eigenvalue weighted by molar-refractivity contribution is 7.12. The monoisotopic (exact) mass is 338 g/mol. The van der Waals surface area contributed by atoms with Crippen LogP contribution < -0.4 is 10.6 Å². The molecule has 23 heavy (non-hydrogen) atoms. The summed E-state index contributed by atoms with van der Waals surface area (Å²) in [5, 5.41) is 7.26. The molecule has 0 radical (unpaired) electrons. The normalized spacial score (nSPS) is 16.5. The van der Waals surface area contributed by atoms with Crippen LogP contribution in [0.25, 0.3) is 0 Å². The van der Waals surface area contributed by atoms with Crippen molar-refractivity contribution < 1.29 is 19.1 Å². The third-order valence-corrected chi connectivity index (χ3v) is 4.41. The SMILES string of the molecule is CC(C)[C@@H](NC(=O)c1cccs1)C(=O)O[C@@H](C)C(=O)NC1CC1. The van der Waals surface area contributed by atoms with Gasteiger partial charge in [-0.25, -0.2) is 4.79 Å². The summed E-state index contributed by atoms with van der Waals surface area (Å²) in [6, 6.07) is 2.88. The van der Waals surface area contributed by atoms with E-state index >= 15 is 0 Å². The molecule has 1 saturated carbocycles. The van der Waals surface area contributed by atoms with Gasteiger partial charge < -0.3 is 15.4 Å². The molecule has 0 unspecified atom stereocenters. The van der Waals surface area contributed by atoms with E-state index in [0.29, 0.717) is 4.88 Å². The van der Waals surface area contributed by atoms with Gasteiger partial charge >= 0.3 is 5.97 Å². The van der Waals surface area contributed by atoms with E-state index in [9.17, 15) is 14.4 Å². The summed E-state index contributed by atoms with van der Waals surface area (Å²) in [5.74, 6) is -1.35. The van der Waals surface area contributed by atoms with Gasteiger partial charge in [-0.3, -0.25) is 9.59 Å². The van der Waals surface area contributed by atoms with Gasteiger partial charge in [0.1, 0.15) is 6.04 Å². The number of hydrogen-bond acceptors (Lipinski definition) is 5. The van der Waals surface area contributed by atoms with Gasteiger partial charge in [0.2, 0.25) is 0 Å². The van der Waals surface area contributed by atoms with Crippen LogP contribution in [0.2, 0.25) is 0 Å². The van der Waals surface area contributed by atoms with Crippen molar-refractivity contribution in [2.24, 2.45) is 5.92 Å². The van der Waals surface area contributed by atoms with Crippen molar-refractivity contribution in [3.8, 4) is 0 Å². The molecule has 2 N–H and O–H groups in total. The Morgan fingerprint density at radius 3 is 2.48 bits per heavy atom. The van der Waals surface area contributed by atoms with Gasteiger partial charge in [0, 0.05) is 6.04 Å². The fraction of sp³-hybridized carbons (Fsp3) is 0.562. The van der Waals surface area contributed by atoms with E-state index in [4.69, 9.17) is 4.74 Å². The number of rotatable bonds is 7. The number of hydrogen-bond donors (Lipinski definition) is 2. The Hall–Kier alpha value is -1.89. The summed E-state index contributed by atoms with van der Waals surface area (Å²) in [6.07, 6.45) is 1.07. The molecule has 1 aromatic rings. The third-order valence-electron chi connectivity index (χ3n) is 3.54. The van der Waals surface area contributed by atoms with Gasteiger partial charge in [0.25, 0.3) is 11.8 Å². The van der Waals surface area contributed by atoms with Gasteiger partial charge in [0.15, 0.2) is 6.10 Å². The molecule has 0 saturated heterocycles. The van der Waals surface area contributed by atoms with Crippen LogP contribution in [0.15, 0.2) is 17.5 Å². The zero-order valence-electron chi connectivity index (χ0n) is 13.5. The molecule has 1 heterocycles. The lowest BCUT2D eigenvalue weighted by atomic mass is 10.0. The second-order valence-corrected chi connectivity index (χ2v) is 6.98. The van der Waals surface area contributed by atoms with Crippen molar-refractivity contribution in [2.75, 3.05) is 0 Å². The maximum Gasteiger partial charge on any atom is 0.329 e. The molecule has 7 heteroatoms. The van der Waals surface area contributed by atoms with Crippen molar-refractivity contribution in [3.63, 3.8) is 0 Å². The van der Waals surface area contributed by atoms with E-state index in [1.165, 1.54) is 18.3 Å². The van der Waals surface area contributed by atoms with Crippen molar-refractivity contribution in [1.29, 1.82) is 0 Å². The number of carbonyl (C=O) groups excluding carboxylic acids is 3. The average Bonchev–Trinajstić information content (AvgIpc) is 3.13. The van der Waals surface area contributed by atoms with Gasteiger partial charge in [0.05, 0.1) is 4.88 Å². The minimum atomic E-state index is -0.872. The lowest BCUT2D eigenvalue weighted by molar-refractivity contribution is -0.157. The molecule has 126 valence electrons. The average molecular weight is 338 g/mol. The summed E-state index contributed by atoms with van der Waals surface area (Å²) in [6.45, 7) is 5.17. The number of thiophene rings is 1. The molecule has 2 atom stereocenters. The number of carbonyl (C=O) groups is 3. The minimum absolute atomic E-state index is 0.148. The second-order valence-electron chi connectivity index (χ2n) is 6.03. The van der Waals surface area contributed by atoms with Crippen molar-refractivity contribution in [3.05, 3.63) is 22.4 Å². The molecule has 2 amide bonds. The maximum absolute atomic E-state index is 12.3. The Bertz CT molecular complexity index is 567. The Morgan fingerprint density at radius 1 is 1.26 bits per heavy atom. The lowest BCUT2D eigenvalue weighted by Crippen LogP contribution is -2.47. The van der Waals surface area contributed by atoms with Gasteiger partial charge in [-0.2, -0.15) is 0 Å². The lowest BCUT2D eigenvalue weighted by Gasteiger charge is -2.22. The molecule has 1 aromatic heterocycles. The largest absolute Gasteiger partial charge is 0.451 e. The predicted molar refractivity (Wildman–Crippen MR) is 87.1 cm³/mol. The van der Waals surface area contributed by atoms with Crippen LogP contribution in [-0.2, 0) is 14.3 Å². The van der Waals surface area contributed by atoms with E-state index in [0.717, 1.165) is 12.8 Å². The Balaban J connectivity index is 1.92. The molecule has 6 nitrogen and oxygen atoms in total. The molecule has 2 rings (SSSR count). The first-order valence-electron chi connectivity index (χ1n) is 7.73. The quantitative estimate of drug-likeness (QED) is 0.741. The third kappa shape index (κ3) is 5.06. The number of amides is 2. The van der Waals surface area contributed by atoms with Crippen molar-refractivity contribution in [2.45, 2.75) is 51.8 Å². The van der Waals surface area contributed by atoms with Gasteiger partial charge in [-0.05, 0) is 37.1 Å². The van der Waals surface area contributed by atoms with E-state index in [1.54, 1.807) is 17.5 Å². The molecule has 1 aliphatic rings. The zero-order valence-corrected chi connectivity index (χ0v) is 14.3. The first-order valence-corrected chi connectivity index (χ1v) is 8.61. The van der Waals surface area contributed by atoms with E-state index < -0.39 is 18.1 Å². The summed E-state index contributed by atoms with van der Waals surface area (Å²) in [5.41, 5.74) is 0. The smallest absolute Gasteiger partial charge is 0.329 e. The Morgan fingerprint density at radius 2 is 1.96 bits per heavy atom. The minimum Gasteiger partial charge on any atom is -0.451 e. The first kappa shape index (κ1) is 17.5. The highest BCUT2D eigenvalue weighted by Gasteiger charge is 2.31. The summed E-state index contributed by atoms with van der Waals surface area (Å²) in [4.78, 5) is 36.8. The first-order chi connectivity index (χ1) is 10.9. The standard InChI is InChI=1S/C16H22N2O4S/c1-9(2)13(18-15(20)12-5-4-8-23-12)16(21)22-10(3)14(19)17-11-6-7-11/h4-5,8-11,13H,6-7H2,1-3H3,(H,17,19)(H,18,20)/t10-,13+/m0/s1. The van der Waals surface area contributed by atoms with Crippen LogP contribution in [0.5, 0.6) is 0 Å². The van der Waals surface area contributed by atoms with Gasteiger partial charge in [-0.15, -0.1) is 11.3 Å². The molecular formula is C16H22N2O4S. The van der Waals surface area contributed by atoms with E-state index in [1.807, 2.05) is 13.8 Å². The molecule has 0 aromatic carbocycles. The molecule has 1 fully saturated rings. The highest BCUT2D eigenvalue weighted by Crippen LogP contribution is 2.19. The van der Waals surface area contributed by atoms with Crippen molar-refractivity contribution in [1.82, 2.24) is 10.6 Å². The second kappa shape index (κ2) is 7.59. The summed E-state index contributed by atoms with van der Waals surface area (Å²) in [7, 11) is 0. The fourth-order valence-electron chi connectivity index (χ4n) is 1.97. The highest BCUT2D eigenvalue weighted by atomic mass is 32.1. The summed E-state index contributed by atoms with van der Waals surface area (Å²) < 4.78 is 5.22. The van der Waals surface area contributed by atoms with Crippen molar-refractivity contribution >= 4 is 29.1 Å². The number of esters is 1. The Labute approximate surface area is 139 Å². The van der Waals surface area contributed by atoms with Crippen LogP contribution in [0.4, 0.5) is 0 Å². The molecule has 1 aliphatic carbocycles. The maximum atomic E-state index is 12.3. The molecule has 0 bridgehead atoms. The van der Waals surface area contributed by atoms with Gasteiger partial charge in [-0.1, -0.05) is 19.9 Å². The predicted octanol–water partition coefficient (Wildman–Crippen LogP) is 1.71. The van der Waals surface area contributed by atoms with Crippen LogP contribution in [0, 0.1) is 5.92 Å². The number of ether oxygens (including phenoxy) is 1. The molecule has 0 aliphatic heterocycles. The van der Waals surface area contributed by atoms with Crippen LogP contribution >= 0.6 is 11.3 Å².